The van der Waals surface area contributed by atoms with E-state index in [9.17, 15) is 4.79 Å². The number of carbonyl (C=O) groups excluding carboxylic acids is 1. The second-order valence-corrected chi connectivity index (χ2v) is 8.85. The molecule has 0 aromatic heterocycles. The zero-order valence-electron chi connectivity index (χ0n) is 18.3. The quantitative estimate of drug-likeness (QED) is 0.723. The molecule has 2 heterocycles. The molecular weight excluding hydrogens is 376 g/mol. The molecule has 5 heteroatoms. The van der Waals surface area contributed by atoms with Crippen molar-refractivity contribution in [2.45, 2.75) is 39.7 Å². The van der Waals surface area contributed by atoms with Gasteiger partial charge in [-0.05, 0) is 48.1 Å². The summed E-state index contributed by atoms with van der Waals surface area (Å²) < 4.78 is 10.9. The smallest absolute Gasteiger partial charge is 0.231 e. The fraction of sp³-hybridized carbons (Fsp3) is 0.480. The highest BCUT2D eigenvalue weighted by Gasteiger charge is 2.26. The van der Waals surface area contributed by atoms with Gasteiger partial charge in [0.05, 0.1) is 5.92 Å². The summed E-state index contributed by atoms with van der Waals surface area (Å²) in [6, 6.07) is 14.7. The molecule has 0 N–H and O–H groups in total. The second-order valence-electron chi connectivity index (χ2n) is 8.85. The molecule has 1 fully saturated rings. The van der Waals surface area contributed by atoms with E-state index in [0.717, 1.165) is 56.2 Å². The van der Waals surface area contributed by atoms with Crippen LogP contribution in [0.2, 0.25) is 0 Å². The van der Waals surface area contributed by atoms with Crippen LogP contribution in [0.25, 0.3) is 0 Å². The van der Waals surface area contributed by atoms with E-state index in [0.29, 0.717) is 12.7 Å². The Hall–Kier alpha value is -2.53. The number of ether oxygens (including phenoxy) is 2. The van der Waals surface area contributed by atoms with Gasteiger partial charge in [-0.15, -0.1) is 0 Å². The minimum Gasteiger partial charge on any atom is -0.454 e. The maximum absolute atomic E-state index is 13.0. The second kappa shape index (κ2) is 9.09. The van der Waals surface area contributed by atoms with Gasteiger partial charge in [0.25, 0.3) is 0 Å². The van der Waals surface area contributed by atoms with Crippen molar-refractivity contribution in [3.05, 3.63) is 59.2 Å². The van der Waals surface area contributed by atoms with Crippen molar-refractivity contribution in [3.8, 4) is 11.5 Å². The van der Waals surface area contributed by atoms with Crippen LogP contribution < -0.4 is 9.47 Å². The zero-order valence-corrected chi connectivity index (χ0v) is 18.3. The Labute approximate surface area is 179 Å². The molecule has 4 rings (SSSR count). The highest BCUT2D eigenvalue weighted by molar-refractivity contribution is 5.83. The summed E-state index contributed by atoms with van der Waals surface area (Å²) >= 11 is 0. The molecule has 1 atom stereocenters. The van der Waals surface area contributed by atoms with Crippen molar-refractivity contribution >= 4 is 5.91 Å². The van der Waals surface area contributed by atoms with Gasteiger partial charge in [0.2, 0.25) is 12.7 Å². The first-order valence-electron chi connectivity index (χ1n) is 11.0. The van der Waals surface area contributed by atoms with Gasteiger partial charge in [0, 0.05) is 32.7 Å². The SMILES string of the molecule is CC(C)Cc1ccc(C(C)C(=O)N2CCN(Cc3ccc4c(c3)OCO4)CC2)cc1. The third-order valence-electron chi connectivity index (χ3n) is 6.02. The van der Waals surface area contributed by atoms with Crippen LogP contribution >= 0.6 is 0 Å². The molecule has 1 saturated heterocycles. The number of fused-ring (bicyclic) bond motifs is 1. The van der Waals surface area contributed by atoms with Crippen LogP contribution in [-0.4, -0.2) is 48.7 Å². The van der Waals surface area contributed by atoms with E-state index in [-0.39, 0.29) is 11.8 Å². The summed E-state index contributed by atoms with van der Waals surface area (Å²) in [5.74, 6) is 2.42. The average molecular weight is 409 g/mol. The lowest BCUT2D eigenvalue weighted by Crippen LogP contribution is -2.49. The van der Waals surface area contributed by atoms with Crippen molar-refractivity contribution < 1.29 is 14.3 Å². The predicted molar refractivity (Wildman–Crippen MR) is 118 cm³/mol. The van der Waals surface area contributed by atoms with E-state index in [2.05, 4.69) is 55.1 Å². The monoisotopic (exact) mass is 408 g/mol. The van der Waals surface area contributed by atoms with Gasteiger partial charge in [0.1, 0.15) is 0 Å². The largest absolute Gasteiger partial charge is 0.454 e. The lowest BCUT2D eigenvalue weighted by molar-refractivity contribution is -0.134. The number of benzene rings is 2. The van der Waals surface area contributed by atoms with Crippen LogP contribution in [0.4, 0.5) is 0 Å². The third kappa shape index (κ3) is 4.78. The van der Waals surface area contributed by atoms with Crippen LogP contribution in [0, 0.1) is 5.92 Å². The minimum absolute atomic E-state index is 0.0986. The van der Waals surface area contributed by atoms with Gasteiger partial charge in [-0.1, -0.05) is 44.2 Å². The number of hydrogen-bond donors (Lipinski definition) is 0. The van der Waals surface area contributed by atoms with Crippen molar-refractivity contribution in [2.24, 2.45) is 5.92 Å². The maximum atomic E-state index is 13.0. The lowest BCUT2D eigenvalue weighted by atomic mass is 9.95. The minimum atomic E-state index is -0.0986. The zero-order chi connectivity index (χ0) is 21.1. The maximum Gasteiger partial charge on any atom is 0.231 e. The Morgan fingerprint density at radius 2 is 1.57 bits per heavy atom. The summed E-state index contributed by atoms with van der Waals surface area (Å²) in [6.45, 7) is 11.0. The van der Waals surface area contributed by atoms with Gasteiger partial charge >= 0.3 is 0 Å². The predicted octanol–water partition coefficient (Wildman–Crippen LogP) is 4.06. The summed E-state index contributed by atoms with van der Waals surface area (Å²) in [5, 5.41) is 0. The highest BCUT2D eigenvalue weighted by Crippen LogP contribution is 2.33. The summed E-state index contributed by atoms with van der Waals surface area (Å²) in [5.41, 5.74) is 3.66. The van der Waals surface area contributed by atoms with Crippen LogP contribution in [0.1, 0.15) is 43.4 Å². The molecule has 0 radical (unpaired) electrons. The molecule has 5 nitrogen and oxygen atoms in total. The standard InChI is InChI=1S/C25H32N2O3/c1-18(2)14-20-4-7-22(8-5-20)19(3)25(28)27-12-10-26(11-13-27)16-21-6-9-23-24(15-21)30-17-29-23/h4-9,15,18-19H,10-14,16-17H2,1-3H3. The molecule has 30 heavy (non-hydrogen) atoms. The summed E-state index contributed by atoms with van der Waals surface area (Å²) in [4.78, 5) is 17.4. The molecule has 1 unspecified atom stereocenters. The van der Waals surface area contributed by atoms with Crippen molar-refractivity contribution in [2.75, 3.05) is 33.0 Å². The number of amides is 1. The number of rotatable bonds is 6. The molecule has 2 aromatic rings. The Morgan fingerprint density at radius 3 is 2.27 bits per heavy atom. The number of carbonyl (C=O) groups is 1. The molecule has 2 aliphatic rings. The third-order valence-corrected chi connectivity index (χ3v) is 6.02. The van der Waals surface area contributed by atoms with Gasteiger partial charge < -0.3 is 14.4 Å². The molecule has 160 valence electrons. The van der Waals surface area contributed by atoms with E-state index in [4.69, 9.17) is 9.47 Å². The molecular formula is C25H32N2O3. The van der Waals surface area contributed by atoms with Crippen LogP contribution in [0.15, 0.2) is 42.5 Å². The molecule has 0 bridgehead atoms. The van der Waals surface area contributed by atoms with E-state index in [1.54, 1.807) is 0 Å². The topological polar surface area (TPSA) is 42.0 Å². The van der Waals surface area contributed by atoms with Crippen LogP contribution in [0.5, 0.6) is 11.5 Å². The Bertz CT molecular complexity index is 870. The molecule has 0 saturated carbocycles. The fourth-order valence-electron chi connectivity index (χ4n) is 4.25. The summed E-state index contributed by atoms with van der Waals surface area (Å²) in [7, 11) is 0. The van der Waals surface area contributed by atoms with Crippen molar-refractivity contribution in [1.29, 1.82) is 0 Å². The molecule has 2 aromatic carbocycles. The lowest BCUT2D eigenvalue weighted by Gasteiger charge is -2.36. The first-order chi connectivity index (χ1) is 14.5. The number of hydrogen-bond acceptors (Lipinski definition) is 4. The Kier molecular flexibility index (Phi) is 6.28. The van der Waals surface area contributed by atoms with Gasteiger partial charge in [0.15, 0.2) is 11.5 Å². The molecule has 1 amide bonds. The number of piperazine rings is 1. The van der Waals surface area contributed by atoms with E-state index in [1.807, 2.05) is 17.9 Å². The Balaban J connectivity index is 1.29. The van der Waals surface area contributed by atoms with Crippen LogP contribution in [-0.2, 0) is 17.8 Å². The first-order valence-corrected chi connectivity index (χ1v) is 11.0. The van der Waals surface area contributed by atoms with E-state index >= 15 is 0 Å². The first kappa shape index (κ1) is 20.7. The highest BCUT2D eigenvalue weighted by atomic mass is 16.7. The molecule has 2 aliphatic heterocycles. The normalized spacial score (nSPS) is 17.4. The van der Waals surface area contributed by atoms with Crippen molar-refractivity contribution in [3.63, 3.8) is 0 Å². The number of nitrogens with zero attached hydrogens (tertiary/aromatic N) is 2. The van der Waals surface area contributed by atoms with Gasteiger partial charge in [-0.3, -0.25) is 9.69 Å². The van der Waals surface area contributed by atoms with E-state index < -0.39 is 0 Å². The van der Waals surface area contributed by atoms with E-state index in [1.165, 1.54) is 11.1 Å². The van der Waals surface area contributed by atoms with Gasteiger partial charge in [-0.25, -0.2) is 0 Å². The van der Waals surface area contributed by atoms with Gasteiger partial charge in [-0.2, -0.15) is 0 Å². The van der Waals surface area contributed by atoms with Crippen LogP contribution in [0.3, 0.4) is 0 Å². The average Bonchev–Trinajstić information content (AvgIpc) is 3.21. The molecule has 0 spiro atoms. The Morgan fingerprint density at radius 1 is 0.900 bits per heavy atom. The van der Waals surface area contributed by atoms with Crippen molar-refractivity contribution in [1.82, 2.24) is 9.80 Å². The fourth-order valence-corrected chi connectivity index (χ4v) is 4.25. The molecule has 0 aliphatic carbocycles. The summed E-state index contributed by atoms with van der Waals surface area (Å²) in [6.07, 6.45) is 1.08.